The van der Waals surface area contributed by atoms with Gasteiger partial charge in [-0.2, -0.15) is 11.8 Å². The smallest absolute Gasteiger partial charge is 0.191 e. The van der Waals surface area contributed by atoms with Crippen molar-refractivity contribution in [2.75, 3.05) is 62.7 Å². The molecular formula is C19H33IN6S. The summed E-state index contributed by atoms with van der Waals surface area (Å²) in [4.78, 5) is 14.0. The van der Waals surface area contributed by atoms with Crippen LogP contribution in [0, 0.1) is 6.92 Å². The van der Waals surface area contributed by atoms with E-state index < -0.39 is 0 Å². The van der Waals surface area contributed by atoms with Crippen molar-refractivity contribution in [1.82, 2.24) is 20.5 Å². The molecule has 0 spiro atoms. The summed E-state index contributed by atoms with van der Waals surface area (Å²) < 4.78 is 0. The number of nitrogens with one attached hydrogen (secondary N) is 2. The summed E-state index contributed by atoms with van der Waals surface area (Å²) in [5, 5.41) is 7.07. The second-order valence-corrected chi connectivity index (χ2v) is 8.22. The average molecular weight is 504 g/mol. The highest BCUT2D eigenvalue weighted by Crippen LogP contribution is 2.18. The van der Waals surface area contributed by atoms with Gasteiger partial charge in [-0.05, 0) is 31.9 Å². The van der Waals surface area contributed by atoms with Crippen LogP contribution in [0.4, 0.5) is 5.82 Å². The van der Waals surface area contributed by atoms with Crippen molar-refractivity contribution < 1.29 is 0 Å². The molecule has 0 amide bonds. The lowest BCUT2D eigenvalue weighted by molar-refractivity contribution is 0.306. The molecule has 2 N–H and O–H groups in total. The van der Waals surface area contributed by atoms with Crippen LogP contribution in [-0.4, -0.2) is 79.7 Å². The van der Waals surface area contributed by atoms with Crippen molar-refractivity contribution in [3.05, 3.63) is 23.9 Å². The molecule has 2 fully saturated rings. The van der Waals surface area contributed by atoms with Crippen LogP contribution in [0.1, 0.15) is 18.5 Å². The zero-order valence-electron chi connectivity index (χ0n) is 16.5. The zero-order chi connectivity index (χ0) is 18.2. The Hall–Kier alpha value is -0.740. The molecule has 27 heavy (non-hydrogen) atoms. The van der Waals surface area contributed by atoms with Crippen molar-refractivity contribution in [1.29, 1.82) is 0 Å². The van der Waals surface area contributed by atoms with Gasteiger partial charge in [-0.1, -0.05) is 6.07 Å². The molecule has 1 aromatic rings. The second-order valence-electron chi connectivity index (χ2n) is 7.00. The monoisotopic (exact) mass is 504 g/mol. The Morgan fingerprint density at radius 1 is 1.22 bits per heavy atom. The predicted octanol–water partition coefficient (Wildman–Crippen LogP) is 2.19. The molecule has 2 aliphatic rings. The van der Waals surface area contributed by atoms with Crippen LogP contribution >= 0.6 is 35.7 Å². The van der Waals surface area contributed by atoms with E-state index in [1.807, 2.05) is 7.05 Å². The number of hydrogen-bond acceptors (Lipinski definition) is 5. The molecule has 2 aliphatic heterocycles. The van der Waals surface area contributed by atoms with E-state index in [-0.39, 0.29) is 24.0 Å². The lowest BCUT2D eigenvalue weighted by atomic mass is 10.1. The number of halogens is 1. The SMILES string of the molecule is CN=C(NCCN1CCSCC1)NC1CCN(c2cccc(C)n2)CC1.I. The fraction of sp³-hybridized carbons (Fsp3) is 0.684. The molecule has 0 aliphatic carbocycles. The first kappa shape index (κ1) is 22.5. The molecule has 3 heterocycles. The van der Waals surface area contributed by atoms with Gasteiger partial charge in [0.05, 0.1) is 0 Å². The second kappa shape index (κ2) is 12.0. The number of rotatable bonds is 5. The Morgan fingerprint density at radius 3 is 2.63 bits per heavy atom. The van der Waals surface area contributed by atoms with E-state index in [0.717, 1.165) is 56.5 Å². The van der Waals surface area contributed by atoms with E-state index in [1.165, 1.54) is 24.6 Å². The molecule has 3 rings (SSSR count). The number of piperidine rings is 1. The van der Waals surface area contributed by atoms with Gasteiger partial charge >= 0.3 is 0 Å². The summed E-state index contributed by atoms with van der Waals surface area (Å²) >= 11 is 2.06. The number of thioether (sulfide) groups is 1. The van der Waals surface area contributed by atoms with Crippen LogP contribution in [-0.2, 0) is 0 Å². The maximum atomic E-state index is 4.65. The van der Waals surface area contributed by atoms with Crippen LogP contribution in [0.3, 0.4) is 0 Å². The van der Waals surface area contributed by atoms with Gasteiger partial charge in [-0.25, -0.2) is 4.98 Å². The van der Waals surface area contributed by atoms with Gasteiger partial charge in [0, 0.05) is 69.6 Å². The molecule has 0 atom stereocenters. The molecule has 6 nitrogen and oxygen atoms in total. The van der Waals surface area contributed by atoms with Crippen molar-refractivity contribution >= 4 is 47.5 Å². The summed E-state index contributed by atoms with van der Waals surface area (Å²) in [6.45, 7) is 8.60. The largest absolute Gasteiger partial charge is 0.356 e. The molecule has 8 heteroatoms. The number of hydrogen-bond donors (Lipinski definition) is 2. The first-order valence-corrected chi connectivity index (χ1v) is 10.9. The first-order chi connectivity index (χ1) is 12.7. The topological polar surface area (TPSA) is 55.8 Å². The fourth-order valence-corrected chi connectivity index (χ4v) is 4.48. The van der Waals surface area contributed by atoms with Gasteiger partial charge in [-0.3, -0.25) is 9.89 Å². The fourth-order valence-electron chi connectivity index (χ4n) is 3.50. The molecule has 0 bridgehead atoms. The normalized spacial score (nSPS) is 19.5. The minimum absolute atomic E-state index is 0. The molecule has 0 radical (unpaired) electrons. The summed E-state index contributed by atoms with van der Waals surface area (Å²) in [5.74, 6) is 4.57. The number of anilines is 1. The van der Waals surface area contributed by atoms with Crippen LogP contribution in [0.15, 0.2) is 23.2 Å². The van der Waals surface area contributed by atoms with E-state index in [9.17, 15) is 0 Å². The maximum absolute atomic E-state index is 4.65. The molecule has 2 saturated heterocycles. The molecule has 152 valence electrons. The van der Waals surface area contributed by atoms with Gasteiger partial charge in [0.1, 0.15) is 5.82 Å². The number of nitrogens with zero attached hydrogens (tertiary/aromatic N) is 4. The van der Waals surface area contributed by atoms with Crippen molar-refractivity contribution in [2.45, 2.75) is 25.8 Å². The maximum Gasteiger partial charge on any atom is 0.191 e. The number of guanidine groups is 1. The number of aromatic nitrogens is 1. The van der Waals surface area contributed by atoms with E-state index in [1.54, 1.807) is 0 Å². The van der Waals surface area contributed by atoms with Crippen LogP contribution < -0.4 is 15.5 Å². The first-order valence-electron chi connectivity index (χ1n) is 9.70. The Balaban J connectivity index is 0.00000261. The Kier molecular flexibility index (Phi) is 9.99. The van der Waals surface area contributed by atoms with Crippen LogP contribution in [0.25, 0.3) is 0 Å². The average Bonchev–Trinajstić information content (AvgIpc) is 2.68. The molecule has 0 aromatic carbocycles. The highest BCUT2D eigenvalue weighted by atomic mass is 127. The third-order valence-corrected chi connectivity index (χ3v) is 6.02. The van der Waals surface area contributed by atoms with E-state index >= 15 is 0 Å². The van der Waals surface area contributed by atoms with Gasteiger partial charge < -0.3 is 15.5 Å². The van der Waals surface area contributed by atoms with Gasteiger partial charge in [-0.15, -0.1) is 24.0 Å². The minimum atomic E-state index is 0. The summed E-state index contributed by atoms with van der Waals surface area (Å²) in [6.07, 6.45) is 2.22. The van der Waals surface area contributed by atoms with Gasteiger partial charge in [0.15, 0.2) is 5.96 Å². The summed E-state index contributed by atoms with van der Waals surface area (Å²) in [7, 11) is 1.86. The third kappa shape index (κ3) is 7.30. The number of aryl methyl sites for hydroxylation is 1. The molecular weight excluding hydrogens is 471 g/mol. The van der Waals surface area contributed by atoms with Gasteiger partial charge in [0.25, 0.3) is 0 Å². The summed E-state index contributed by atoms with van der Waals surface area (Å²) in [6, 6.07) is 6.74. The summed E-state index contributed by atoms with van der Waals surface area (Å²) in [5.41, 5.74) is 1.08. The van der Waals surface area contributed by atoms with E-state index in [2.05, 4.69) is 67.3 Å². The van der Waals surface area contributed by atoms with E-state index in [0.29, 0.717) is 6.04 Å². The Bertz CT molecular complexity index is 585. The highest BCUT2D eigenvalue weighted by molar-refractivity contribution is 14.0. The molecule has 1 aromatic heterocycles. The zero-order valence-corrected chi connectivity index (χ0v) is 19.6. The van der Waals surface area contributed by atoms with Crippen molar-refractivity contribution in [3.8, 4) is 0 Å². The third-order valence-electron chi connectivity index (χ3n) is 5.08. The van der Waals surface area contributed by atoms with Gasteiger partial charge in [0.2, 0.25) is 0 Å². The Labute approximate surface area is 185 Å². The lowest BCUT2D eigenvalue weighted by Crippen LogP contribution is -2.50. The van der Waals surface area contributed by atoms with Crippen LogP contribution in [0.5, 0.6) is 0 Å². The lowest BCUT2D eigenvalue weighted by Gasteiger charge is -2.34. The molecule has 0 unspecified atom stereocenters. The highest BCUT2D eigenvalue weighted by Gasteiger charge is 2.21. The van der Waals surface area contributed by atoms with Crippen LogP contribution in [0.2, 0.25) is 0 Å². The predicted molar refractivity (Wildman–Crippen MR) is 128 cm³/mol. The van der Waals surface area contributed by atoms with Crippen molar-refractivity contribution in [2.24, 2.45) is 4.99 Å². The quantitative estimate of drug-likeness (QED) is 0.365. The standard InChI is InChI=1S/C19H32N6S.HI/c1-16-4-3-5-18(22-16)25-9-6-17(7-10-25)23-19(20-2)21-8-11-24-12-14-26-15-13-24;/h3-5,17H,6-15H2,1-2H3,(H2,20,21,23);1H. The minimum Gasteiger partial charge on any atom is -0.356 e. The van der Waals surface area contributed by atoms with Crippen molar-refractivity contribution in [3.63, 3.8) is 0 Å². The molecule has 0 saturated carbocycles. The van der Waals surface area contributed by atoms with E-state index in [4.69, 9.17) is 0 Å². The number of aliphatic imine (C=N–C) groups is 1. The number of pyridine rings is 1. The Morgan fingerprint density at radius 2 is 1.96 bits per heavy atom.